The zero-order valence-electron chi connectivity index (χ0n) is 19.9. The van der Waals surface area contributed by atoms with Gasteiger partial charge < -0.3 is 49.6 Å². The first kappa shape index (κ1) is 25.5. The van der Waals surface area contributed by atoms with Crippen molar-refractivity contribution in [2.45, 2.75) is 43.5 Å². The van der Waals surface area contributed by atoms with Crippen molar-refractivity contribution >= 4 is 5.97 Å². The number of benzene rings is 3. The topological polar surface area (TPSA) is 175 Å². The lowest BCUT2D eigenvalue weighted by Gasteiger charge is -2.38. The number of hydrogen-bond acceptors (Lipinski definition) is 11. The molecular weight excluding hydrogens is 500 g/mol. The molecule has 38 heavy (non-hydrogen) atoms. The zero-order valence-corrected chi connectivity index (χ0v) is 19.9. The normalized spacial score (nSPS) is 24.6. The van der Waals surface area contributed by atoms with E-state index in [0.717, 1.165) is 0 Å². The Morgan fingerprint density at radius 3 is 2.39 bits per heavy atom. The molecule has 0 spiro atoms. The quantitative estimate of drug-likeness (QED) is 0.212. The molecule has 0 unspecified atom stereocenters. The van der Waals surface area contributed by atoms with E-state index in [1.54, 1.807) is 6.07 Å². The molecule has 0 radical (unpaired) electrons. The number of fused-ring (bicyclic) bond motifs is 1. The number of ether oxygens (including phenoxy) is 4. The second-order valence-electron chi connectivity index (χ2n) is 9.11. The maximum atomic E-state index is 12.7. The van der Waals surface area contributed by atoms with Gasteiger partial charge in [-0.2, -0.15) is 0 Å². The highest BCUT2D eigenvalue weighted by atomic mass is 16.7. The van der Waals surface area contributed by atoms with E-state index in [1.165, 1.54) is 48.5 Å². The molecule has 0 aliphatic carbocycles. The first-order valence-corrected chi connectivity index (χ1v) is 11.9. The van der Waals surface area contributed by atoms with Gasteiger partial charge >= 0.3 is 5.97 Å². The maximum Gasteiger partial charge on any atom is 0.338 e. The van der Waals surface area contributed by atoms with Crippen molar-refractivity contribution in [3.63, 3.8) is 0 Å². The first-order valence-electron chi connectivity index (χ1n) is 11.9. The van der Waals surface area contributed by atoms with E-state index < -0.39 is 36.7 Å². The summed E-state index contributed by atoms with van der Waals surface area (Å²) in [4.78, 5) is 12.7. The number of aliphatic hydroxyl groups excluding tert-OH is 2. The third-order valence-electron chi connectivity index (χ3n) is 6.47. The fourth-order valence-electron chi connectivity index (χ4n) is 4.43. The van der Waals surface area contributed by atoms with Crippen LogP contribution >= 0.6 is 0 Å². The minimum Gasteiger partial charge on any atom is -0.508 e. The highest BCUT2D eigenvalue weighted by Crippen LogP contribution is 2.44. The van der Waals surface area contributed by atoms with Gasteiger partial charge in [0, 0.05) is 17.7 Å². The summed E-state index contributed by atoms with van der Waals surface area (Å²) >= 11 is 0. The molecule has 11 heteroatoms. The molecule has 200 valence electrons. The van der Waals surface area contributed by atoms with E-state index >= 15 is 0 Å². The lowest BCUT2D eigenvalue weighted by Crippen LogP contribution is -2.56. The fraction of sp³-hybridized carbons (Fsp3) is 0.296. The Labute approximate surface area is 216 Å². The molecule has 0 amide bonds. The maximum absolute atomic E-state index is 12.7. The standard InChI is InChI=1S/C27H26O11/c28-15-4-1-13(2-5-15)26(34)38-25-24(33)20(32)12-35-27(25)37-23-11-16(29)10-22-17(23)6-8-21(36-22)14-3-7-18(30)19(31)9-14/h1-5,7,9-11,20-21,24-25,27-33H,6,8,12H2/t20-,21-,24-,25+,27+/m0/s1. The van der Waals surface area contributed by atoms with Crippen molar-refractivity contribution in [3.8, 4) is 34.5 Å². The number of hydrogen-bond donors (Lipinski definition) is 6. The van der Waals surface area contributed by atoms with Gasteiger partial charge in [-0.3, -0.25) is 0 Å². The van der Waals surface area contributed by atoms with Crippen molar-refractivity contribution < 1.29 is 54.4 Å². The minimum absolute atomic E-state index is 0.0421. The summed E-state index contributed by atoms with van der Waals surface area (Å²) in [6.07, 6.45) is -5.16. The summed E-state index contributed by atoms with van der Waals surface area (Å²) < 4.78 is 23.0. The molecule has 0 bridgehead atoms. The second-order valence-corrected chi connectivity index (χ2v) is 9.11. The molecule has 11 nitrogen and oxygen atoms in total. The number of carbonyl (C=O) groups excluding carboxylic acids is 1. The van der Waals surface area contributed by atoms with Gasteiger partial charge in [0.25, 0.3) is 0 Å². The van der Waals surface area contributed by atoms with Crippen molar-refractivity contribution in [1.29, 1.82) is 0 Å². The molecule has 5 atom stereocenters. The minimum atomic E-state index is -1.52. The second kappa shape index (κ2) is 10.3. The Morgan fingerprint density at radius 1 is 0.895 bits per heavy atom. The number of aliphatic hydroxyl groups is 2. The van der Waals surface area contributed by atoms with Gasteiger partial charge in [0.2, 0.25) is 6.29 Å². The number of phenolic OH excluding ortho intramolecular Hbond substituents is 4. The van der Waals surface area contributed by atoms with Crippen LogP contribution < -0.4 is 9.47 Å². The Bertz CT molecular complexity index is 1320. The van der Waals surface area contributed by atoms with Crippen molar-refractivity contribution in [2.24, 2.45) is 0 Å². The van der Waals surface area contributed by atoms with Gasteiger partial charge in [0.15, 0.2) is 17.6 Å². The SMILES string of the molecule is O=C(O[C@H]1[C@@H](Oc2cc(O)cc3c2CC[C@@H](c2ccc(O)c(O)c2)O3)OC[C@H](O)[C@@H]1O)c1ccc(O)cc1. The number of aromatic hydroxyl groups is 4. The molecule has 2 heterocycles. The Hall–Kier alpha value is -4.19. The largest absolute Gasteiger partial charge is 0.508 e. The van der Waals surface area contributed by atoms with Crippen LogP contribution in [-0.2, 0) is 15.9 Å². The molecule has 0 saturated carbocycles. The molecule has 6 N–H and O–H groups in total. The third-order valence-corrected chi connectivity index (χ3v) is 6.47. The number of rotatable bonds is 5. The Kier molecular flexibility index (Phi) is 6.89. The summed E-state index contributed by atoms with van der Waals surface area (Å²) in [6.45, 7) is -0.289. The molecule has 5 rings (SSSR count). The summed E-state index contributed by atoms with van der Waals surface area (Å²) in [7, 11) is 0. The van der Waals surface area contributed by atoms with Crippen molar-refractivity contribution in [1.82, 2.24) is 0 Å². The fourth-order valence-corrected chi connectivity index (χ4v) is 4.43. The molecule has 2 aliphatic heterocycles. The van der Waals surface area contributed by atoms with E-state index in [2.05, 4.69) is 0 Å². The molecule has 2 aliphatic rings. The van der Waals surface area contributed by atoms with E-state index in [4.69, 9.17) is 18.9 Å². The van der Waals surface area contributed by atoms with Crippen LogP contribution in [0.2, 0.25) is 0 Å². The molecular formula is C27H26O11. The van der Waals surface area contributed by atoms with Crippen molar-refractivity contribution in [2.75, 3.05) is 6.61 Å². The smallest absolute Gasteiger partial charge is 0.338 e. The number of carbonyl (C=O) groups is 1. The average Bonchev–Trinajstić information content (AvgIpc) is 2.89. The molecule has 0 aromatic heterocycles. The average molecular weight is 526 g/mol. The van der Waals surface area contributed by atoms with Crippen LogP contribution in [-0.4, -0.2) is 67.8 Å². The van der Waals surface area contributed by atoms with Gasteiger partial charge in [-0.05, 0) is 54.8 Å². The zero-order chi connectivity index (χ0) is 27.0. The Balaban J connectivity index is 1.38. The Morgan fingerprint density at radius 2 is 1.66 bits per heavy atom. The van der Waals surface area contributed by atoms with Gasteiger partial charge in [-0.25, -0.2) is 4.79 Å². The lowest BCUT2D eigenvalue weighted by molar-refractivity contribution is -0.241. The first-order chi connectivity index (χ1) is 18.2. The van der Waals surface area contributed by atoms with Crippen LogP contribution in [0.25, 0.3) is 0 Å². The van der Waals surface area contributed by atoms with Gasteiger partial charge in [-0.1, -0.05) is 6.07 Å². The molecule has 3 aromatic rings. The highest BCUT2D eigenvalue weighted by molar-refractivity contribution is 5.89. The van der Waals surface area contributed by atoms with Gasteiger partial charge in [-0.15, -0.1) is 0 Å². The van der Waals surface area contributed by atoms with Gasteiger partial charge in [0.1, 0.15) is 41.3 Å². The van der Waals surface area contributed by atoms with Crippen LogP contribution in [0.3, 0.4) is 0 Å². The highest BCUT2D eigenvalue weighted by Gasteiger charge is 2.44. The predicted octanol–water partition coefficient (Wildman–Crippen LogP) is 2.26. The summed E-state index contributed by atoms with van der Waals surface area (Å²) in [6, 6.07) is 12.4. The summed E-state index contributed by atoms with van der Waals surface area (Å²) in [5.41, 5.74) is 1.32. The van der Waals surface area contributed by atoms with E-state index in [-0.39, 0.29) is 40.9 Å². The van der Waals surface area contributed by atoms with Crippen LogP contribution in [0.4, 0.5) is 0 Å². The lowest BCUT2D eigenvalue weighted by atomic mass is 9.96. The van der Waals surface area contributed by atoms with Crippen LogP contribution in [0.5, 0.6) is 34.5 Å². The third kappa shape index (κ3) is 5.12. The van der Waals surface area contributed by atoms with Crippen molar-refractivity contribution in [3.05, 3.63) is 71.3 Å². The monoisotopic (exact) mass is 526 g/mol. The number of phenols is 4. The van der Waals surface area contributed by atoms with Crippen LogP contribution in [0.15, 0.2) is 54.6 Å². The van der Waals surface area contributed by atoms with Crippen LogP contribution in [0, 0.1) is 0 Å². The van der Waals surface area contributed by atoms with Crippen LogP contribution in [0.1, 0.15) is 34.0 Å². The van der Waals surface area contributed by atoms with E-state index in [1.807, 2.05) is 0 Å². The number of esters is 1. The summed E-state index contributed by atoms with van der Waals surface area (Å²) in [5.74, 6) is -1.09. The summed E-state index contributed by atoms with van der Waals surface area (Å²) in [5, 5.41) is 59.9. The predicted molar refractivity (Wildman–Crippen MR) is 129 cm³/mol. The molecule has 1 fully saturated rings. The van der Waals surface area contributed by atoms with E-state index in [9.17, 15) is 35.4 Å². The molecule has 3 aromatic carbocycles. The molecule has 1 saturated heterocycles. The van der Waals surface area contributed by atoms with E-state index in [0.29, 0.717) is 29.7 Å². The van der Waals surface area contributed by atoms with Gasteiger partial charge in [0.05, 0.1) is 12.2 Å².